The molecule has 0 fully saturated rings. The lowest BCUT2D eigenvalue weighted by atomic mass is 10.2. The summed E-state index contributed by atoms with van der Waals surface area (Å²) in [4.78, 5) is 29.3. The zero-order valence-electron chi connectivity index (χ0n) is 15.2. The zero-order valence-corrected chi connectivity index (χ0v) is 18.4. The van der Waals surface area contributed by atoms with Crippen molar-refractivity contribution in [2.45, 2.75) is 11.8 Å². The highest BCUT2D eigenvalue weighted by molar-refractivity contribution is 9.10. The molecule has 0 saturated carbocycles. The number of hydrogen-bond acceptors (Lipinski definition) is 7. The first-order chi connectivity index (χ1) is 13.4. The SMILES string of the molecule is COc1ccc2nc(NC(=O)COC(=O)CSc3ccc(Br)cc3C)sc2c1. The molecule has 2 aromatic carbocycles. The maximum atomic E-state index is 12.0. The van der Waals surface area contributed by atoms with Gasteiger partial charge in [-0.25, -0.2) is 4.98 Å². The Morgan fingerprint density at radius 2 is 2.07 bits per heavy atom. The highest BCUT2D eigenvalue weighted by Crippen LogP contribution is 2.29. The fraction of sp³-hybridized carbons (Fsp3) is 0.211. The van der Waals surface area contributed by atoms with Crippen molar-refractivity contribution in [3.05, 3.63) is 46.4 Å². The van der Waals surface area contributed by atoms with E-state index in [1.54, 1.807) is 13.2 Å². The number of thioether (sulfide) groups is 1. The summed E-state index contributed by atoms with van der Waals surface area (Å²) in [5, 5.41) is 3.10. The predicted molar refractivity (Wildman–Crippen MR) is 115 cm³/mol. The Labute approximate surface area is 178 Å². The normalized spacial score (nSPS) is 10.7. The summed E-state index contributed by atoms with van der Waals surface area (Å²) in [5.41, 5.74) is 1.83. The molecule has 28 heavy (non-hydrogen) atoms. The fourth-order valence-corrected chi connectivity index (χ4v) is 4.53. The number of aromatic nitrogens is 1. The van der Waals surface area contributed by atoms with Gasteiger partial charge in [0.2, 0.25) is 0 Å². The number of nitrogens with one attached hydrogen (secondary N) is 1. The van der Waals surface area contributed by atoms with Crippen LogP contribution in [0.1, 0.15) is 5.56 Å². The lowest BCUT2D eigenvalue weighted by molar-refractivity contribution is -0.144. The van der Waals surface area contributed by atoms with Crippen LogP contribution < -0.4 is 10.1 Å². The number of benzene rings is 2. The summed E-state index contributed by atoms with van der Waals surface area (Å²) in [6.07, 6.45) is 0. The third kappa shape index (κ3) is 5.46. The second kappa shape index (κ2) is 9.40. The number of esters is 1. The molecule has 0 saturated heterocycles. The highest BCUT2D eigenvalue weighted by atomic mass is 79.9. The minimum absolute atomic E-state index is 0.136. The van der Waals surface area contributed by atoms with E-state index in [4.69, 9.17) is 9.47 Å². The van der Waals surface area contributed by atoms with Crippen LogP contribution in [0.2, 0.25) is 0 Å². The van der Waals surface area contributed by atoms with Crippen LogP contribution in [0.15, 0.2) is 45.8 Å². The molecule has 0 aliphatic carbocycles. The van der Waals surface area contributed by atoms with Gasteiger partial charge in [0.25, 0.3) is 5.91 Å². The van der Waals surface area contributed by atoms with Crippen LogP contribution in [-0.4, -0.2) is 36.3 Å². The number of nitrogens with zero attached hydrogens (tertiary/aromatic N) is 1. The predicted octanol–water partition coefficient (Wildman–Crippen LogP) is 4.65. The Morgan fingerprint density at radius 3 is 2.82 bits per heavy atom. The van der Waals surface area contributed by atoms with Gasteiger partial charge in [-0.05, 0) is 48.9 Å². The minimum Gasteiger partial charge on any atom is -0.497 e. The molecular formula is C19H17BrN2O4S2. The number of halogens is 1. The zero-order chi connectivity index (χ0) is 20.1. The molecule has 6 nitrogen and oxygen atoms in total. The van der Waals surface area contributed by atoms with Crippen LogP contribution in [0, 0.1) is 6.92 Å². The van der Waals surface area contributed by atoms with Crippen LogP contribution in [0.25, 0.3) is 10.2 Å². The molecule has 0 bridgehead atoms. The van der Waals surface area contributed by atoms with Gasteiger partial charge in [0.15, 0.2) is 11.7 Å². The molecule has 0 spiro atoms. The molecule has 0 unspecified atom stereocenters. The van der Waals surface area contributed by atoms with E-state index in [1.807, 2.05) is 37.3 Å². The quantitative estimate of drug-likeness (QED) is 0.391. The molecule has 0 aliphatic rings. The van der Waals surface area contributed by atoms with Gasteiger partial charge in [-0.15, -0.1) is 11.8 Å². The van der Waals surface area contributed by atoms with E-state index in [-0.39, 0.29) is 12.4 Å². The summed E-state index contributed by atoms with van der Waals surface area (Å²) in [5.74, 6) is -0.0152. The van der Waals surface area contributed by atoms with E-state index in [1.165, 1.54) is 23.1 Å². The van der Waals surface area contributed by atoms with E-state index >= 15 is 0 Å². The molecule has 1 aromatic heterocycles. The Bertz CT molecular complexity index is 1020. The van der Waals surface area contributed by atoms with Gasteiger partial charge in [-0.3, -0.25) is 14.9 Å². The summed E-state index contributed by atoms with van der Waals surface area (Å²) in [6.45, 7) is 1.62. The molecule has 0 aliphatic heterocycles. The summed E-state index contributed by atoms with van der Waals surface area (Å²) >= 11 is 6.11. The monoisotopic (exact) mass is 480 g/mol. The first-order valence-corrected chi connectivity index (χ1v) is 10.8. The lowest BCUT2D eigenvalue weighted by Crippen LogP contribution is -2.21. The number of hydrogen-bond donors (Lipinski definition) is 1. The first-order valence-electron chi connectivity index (χ1n) is 8.23. The molecule has 0 atom stereocenters. The van der Waals surface area contributed by atoms with Crippen LogP contribution >= 0.6 is 39.0 Å². The fourth-order valence-electron chi connectivity index (χ4n) is 2.34. The molecular weight excluding hydrogens is 464 g/mol. The van der Waals surface area contributed by atoms with Gasteiger partial charge in [-0.2, -0.15) is 0 Å². The third-order valence-corrected chi connectivity index (χ3v) is 6.26. The van der Waals surface area contributed by atoms with Crippen molar-refractivity contribution in [2.24, 2.45) is 0 Å². The minimum atomic E-state index is -0.448. The molecule has 0 radical (unpaired) electrons. The molecule has 3 rings (SSSR count). The molecule has 1 amide bonds. The van der Waals surface area contributed by atoms with Gasteiger partial charge < -0.3 is 9.47 Å². The van der Waals surface area contributed by atoms with E-state index in [9.17, 15) is 9.59 Å². The molecule has 3 aromatic rings. The van der Waals surface area contributed by atoms with Crippen molar-refractivity contribution >= 4 is 66.3 Å². The van der Waals surface area contributed by atoms with Gasteiger partial charge >= 0.3 is 5.97 Å². The van der Waals surface area contributed by atoms with Gasteiger partial charge in [0.05, 0.1) is 23.1 Å². The number of amides is 1. The molecule has 9 heteroatoms. The summed E-state index contributed by atoms with van der Waals surface area (Å²) in [6, 6.07) is 11.3. The van der Waals surface area contributed by atoms with Gasteiger partial charge in [-0.1, -0.05) is 27.3 Å². The van der Waals surface area contributed by atoms with Crippen LogP contribution in [0.4, 0.5) is 5.13 Å². The number of aryl methyl sites for hydroxylation is 1. The number of fused-ring (bicyclic) bond motifs is 1. The van der Waals surface area contributed by atoms with Crippen molar-refractivity contribution < 1.29 is 19.1 Å². The van der Waals surface area contributed by atoms with Crippen LogP contribution in [-0.2, 0) is 14.3 Å². The van der Waals surface area contributed by atoms with Gasteiger partial charge in [0.1, 0.15) is 5.75 Å². The van der Waals surface area contributed by atoms with E-state index in [0.717, 1.165) is 30.9 Å². The molecule has 146 valence electrons. The molecule has 1 heterocycles. The lowest BCUT2D eigenvalue weighted by Gasteiger charge is -2.07. The van der Waals surface area contributed by atoms with E-state index < -0.39 is 11.9 Å². The maximum Gasteiger partial charge on any atom is 0.316 e. The first kappa shape index (κ1) is 20.6. The van der Waals surface area contributed by atoms with E-state index in [0.29, 0.717) is 5.13 Å². The number of rotatable bonds is 7. The number of thiazole rings is 1. The second-order valence-electron chi connectivity index (χ2n) is 5.76. The summed E-state index contributed by atoms with van der Waals surface area (Å²) < 4.78 is 12.1. The Kier molecular flexibility index (Phi) is 6.93. The third-order valence-electron chi connectivity index (χ3n) is 3.69. The van der Waals surface area contributed by atoms with Gasteiger partial charge in [0, 0.05) is 9.37 Å². The standard InChI is InChI=1S/C19H17BrN2O4S2/c1-11-7-12(20)3-6-15(11)27-10-18(24)26-9-17(23)22-19-21-14-5-4-13(25-2)8-16(14)28-19/h3-8H,9-10H2,1-2H3,(H,21,22,23). The van der Waals surface area contributed by atoms with Crippen LogP contribution in [0.5, 0.6) is 5.75 Å². The number of methoxy groups -OCH3 is 1. The van der Waals surface area contributed by atoms with Crippen molar-refractivity contribution in [1.29, 1.82) is 0 Å². The number of carbonyl (C=O) groups is 2. The average Bonchev–Trinajstić information content (AvgIpc) is 3.06. The van der Waals surface area contributed by atoms with Crippen molar-refractivity contribution in [1.82, 2.24) is 4.98 Å². The highest BCUT2D eigenvalue weighted by Gasteiger charge is 2.12. The van der Waals surface area contributed by atoms with Crippen molar-refractivity contribution in [3.8, 4) is 5.75 Å². The largest absolute Gasteiger partial charge is 0.497 e. The summed E-state index contributed by atoms with van der Waals surface area (Å²) in [7, 11) is 1.59. The average molecular weight is 481 g/mol. The smallest absolute Gasteiger partial charge is 0.316 e. The van der Waals surface area contributed by atoms with E-state index in [2.05, 4.69) is 26.2 Å². The topological polar surface area (TPSA) is 77.5 Å². The number of ether oxygens (including phenoxy) is 2. The second-order valence-corrected chi connectivity index (χ2v) is 8.72. The number of carbonyl (C=O) groups excluding carboxylic acids is 2. The van der Waals surface area contributed by atoms with Crippen molar-refractivity contribution in [2.75, 3.05) is 24.8 Å². The van der Waals surface area contributed by atoms with Crippen molar-refractivity contribution in [3.63, 3.8) is 0 Å². The maximum absolute atomic E-state index is 12.0. The Hall–Kier alpha value is -2.10. The number of anilines is 1. The molecule has 1 N–H and O–H groups in total. The Balaban J connectivity index is 1.47. The Morgan fingerprint density at radius 1 is 1.25 bits per heavy atom. The van der Waals surface area contributed by atoms with Crippen LogP contribution in [0.3, 0.4) is 0 Å².